The lowest BCUT2D eigenvalue weighted by Gasteiger charge is -1.97. The molecule has 0 spiro atoms. The summed E-state index contributed by atoms with van der Waals surface area (Å²) in [6.45, 7) is 1.70. The molecule has 1 atom stereocenters. The van der Waals surface area contributed by atoms with E-state index in [1.807, 2.05) is 0 Å². The maximum absolute atomic E-state index is 11.0. The SMILES string of the molecule is Cc1c(S(=N)(N)=O)csc1Cl. The van der Waals surface area contributed by atoms with E-state index in [0.29, 0.717) is 14.8 Å². The van der Waals surface area contributed by atoms with Crippen molar-refractivity contribution in [3.8, 4) is 0 Å². The molecule has 6 heteroatoms. The second-order valence-corrected chi connectivity index (χ2v) is 5.22. The molecule has 0 aromatic carbocycles. The largest absolute Gasteiger partial charge is 0.241 e. The summed E-state index contributed by atoms with van der Waals surface area (Å²) in [5.74, 6) is 0. The molecule has 3 nitrogen and oxygen atoms in total. The minimum atomic E-state index is -3.09. The third-order valence-electron chi connectivity index (χ3n) is 1.26. The van der Waals surface area contributed by atoms with E-state index < -0.39 is 9.92 Å². The summed E-state index contributed by atoms with van der Waals surface area (Å²) in [7, 11) is -3.09. The van der Waals surface area contributed by atoms with Crippen LogP contribution in [0.3, 0.4) is 0 Å². The topological polar surface area (TPSA) is 66.9 Å². The maximum Gasteiger partial charge on any atom is 0.133 e. The van der Waals surface area contributed by atoms with Gasteiger partial charge >= 0.3 is 0 Å². The molecule has 1 rings (SSSR count). The Morgan fingerprint density at radius 3 is 2.55 bits per heavy atom. The van der Waals surface area contributed by atoms with E-state index in [1.54, 1.807) is 12.3 Å². The van der Waals surface area contributed by atoms with E-state index in [0.717, 1.165) is 0 Å². The fraction of sp³-hybridized carbons (Fsp3) is 0.200. The van der Waals surface area contributed by atoms with Crippen molar-refractivity contribution in [1.82, 2.24) is 0 Å². The smallest absolute Gasteiger partial charge is 0.133 e. The van der Waals surface area contributed by atoms with Gasteiger partial charge in [0.25, 0.3) is 0 Å². The minimum absolute atomic E-state index is 0.340. The van der Waals surface area contributed by atoms with Crippen LogP contribution in [0.2, 0.25) is 4.34 Å². The summed E-state index contributed by atoms with van der Waals surface area (Å²) in [5, 5.41) is 6.68. The van der Waals surface area contributed by atoms with Crippen molar-refractivity contribution in [2.45, 2.75) is 11.8 Å². The molecule has 11 heavy (non-hydrogen) atoms. The first-order chi connectivity index (χ1) is 4.93. The van der Waals surface area contributed by atoms with Crippen LogP contribution < -0.4 is 5.14 Å². The van der Waals surface area contributed by atoms with Gasteiger partial charge in [0, 0.05) is 5.38 Å². The number of nitrogens with one attached hydrogen (secondary N) is 1. The first-order valence-electron chi connectivity index (χ1n) is 2.73. The lowest BCUT2D eigenvalue weighted by atomic mass is 10.4. The molecule has 0 radical (unpaired) electrons. The minimum Gasteiger partial charge on any atom is -0.241 e. The summed E-state index contributed by atoms with van der Waals surface area (Å²) in [6, 6.07) is 0. The summed E-state index contributed by atoms with van der Waals surface area (Å²) in [5.41, 5.74) is 0.652. The van der Waals surface area contributed by atoms with Crippen LogP contribution >= 0.6 is 22.9 Å². The van der Waals surface area contributed by atoms with Crippen LogP contribution in [-0.2, 0) is 9.92 Å². The van der Waals surface area contributed by atoms with E-state index in [2.05, 4.69) is 0 Å². The predicted octanol–water partition coefficient (Wildman–Crippen LogP) is 1.99. The standard InChI is InChI=1S/C5H7ClN2OS2/c1-3-4(11(7,8)9)2-10-5(3)6/h2H,1H3,(H3,7,8,9). The molecule has 0 amide bonds. The van der Waals surface area contributed by atoms with Crippen molar-refractivity contribution in [3.63, 3.8) is 0 Å². The van der Waals surface area contributed by atoms with Gasteiger partial charge in [-0.25, -0.2) is 14.1 Å². The third kappa shape index (κ3) is 1.73. The fourth-order valence-electron chi connectivity index (χ4n) is 0.678. The van der Waals surface area contributed by atoms with E-state index in [-0.39, 0.29) is 0 Å². The highest BCUT2D eigenvalue weighted by atomic mass is 35.5. The highest BCUT2D eigenvalue weighted by molar-refractivity contribution is 7.90. The van der Waals surface area contributed by atoms with Gasteiger partial charge in [-0.2, -0.15) is 0 Å². The molecular weight excluding hydrogens is 204 g/mol. The Balaban J connectivity index is 3.38. The van der Waals surface area contributed by atoms with Gasteiger partial charge in [0.05, 0.1) is 9.23 Å². The number of hydrogen-bond acceptors (Lipinski definition) is 3. The van der Waals surface area contributed by atoms with Gasteiger partial charge in [-0.1, -0.05) is 11.6 Å². The highest BCUT2D eigenvalue weighted by Crippen LogP contribution is 2.29. The van der Waals surface area contributed by atoms with Crippen molar-refractivity contribution in [2.75, 3.05) is 0 Å². The molecule has 0 aliphatic carbocycles. The van der Waals surface area contributed by atoms with Crippen LogP contribution in [0.1, 0.15) is 5.56 Å². The van der Waals surface area contributed by atoms with Gasteiger partial charge < -0.3 is 0 Å². The van der Waals surface area contributed by atoms with Gasteiger partial charge in [-0.15, -0.1) is 11.3 Å². The average Bonchev–Trinajstić information content (AvgIpc) is 2.11. The number of halogens is 1. The first-order valence-corrected chi connectivity index (χ1v) is 5.61. The predicted molar refractivity (Wildman–Crippen MR) is 47.4 cm³/mol. The molecule has 0 saturated heterocycles. The molecule has 0 bridgehead atoms. The summed E-state index contributed by atoms with van der Waals surface area (Å²) >= 11 is 6.93. The van der Waals surface area contributed by atoms with Gasteiger partial charge in [0.15, 0.2) is 0 Å². The molecule has 1 aromatic rings. The molecule has 1 aromatic heterocycles. The zero-order valence-corrected chi connectivity index (χ0v) is 8.15. The van der Waals surface area contributed by atoms with Gasteiger partial charge in [0.2, 0.25) is 0 Å². The van der Waals surface area contributed by atoms with E-state index in [4.69, 9.17) is 21.5 Å². The van der Waals surface area contributed by atoms with Crippen LogP contribution in [0.15, 0.2) is 10.3 Å². The summed E-state index contributed by atoms with van der Waals surface area (Å²) in [4.78, 5) is 0.340. The molecule has 0 fully saturated rings. The normalized spacial score (nSPS) is 16.3. The van der Waals surface area contributed by atoms with Crippen molar-refractivity contribution >= 4 is 32.9 Å². The monoisotopic (exact) mass is 210 g/mol. The molecule has 0 aliphatic heterocycles. The van der Waals surface area contributed by atoms with Gasteiger partial charge in [-0.3, -0.25) is 0 Å². The lowest BCUT2D eigenvalue weighted by Crippen LogP contribution is -2.10. The quantitative estimate of drug-likeness (QED) is 0.732. The average molecular weight is 211 g/mol. The van der Waals surface area contributed by atoms with Crippen LogP contribution in [0.4, 0.5) is 0 Å². The number of thiophene rings is 1. The number of rotatable bonds is 1. The number of nitrogens with two attached hydrogens (primary N) is 1. The van der Waals surface area contributed by atoms with E-state index in [9.17, 15) is 4.21 Å². The maximum atomic E-state index is 11.0. The molecule has 0 aliphatic rings. The van der Waals surface area contributed by atoms with Crippen LogP contribution in [0, 0.1) is 11.7 Å². The summed E-state index contributed by atoms with van der Waals surface area (Å²) < 4.78 is 18.6. The second kappa shape index (κ2) is 2.75. The Bertz CT molecular complexity index is 368. The Kier molecular flexibility index (Phi) is 2.24. The molecule has 1 heterocycles. The summed E-state index contributed by atoms with van der Waals surface area (Å²) in [6.07, 6.45) is 0. The van der Waals surface area contributed by atoms with Crippen molar-refractivity contribution in [1.29, 1.82) is 4.78 Å². The Morgan fingerprint density at radius 2 is 2.36 bits per heavy atom. The van der Waals surface area contributed by atoms with E-state index >= 15 is 0 Å². The van der Waals surface area contributed by atoms with Crippen molar-refractivity contribution < 1.29 is 4.21 Å². The van der Waals surface area contributed by atoms with Crippen LogP contribution in [0.5, 0.6) is 0 Å². The Labute approximate surface area is 74.3 Å². The molecular formula is C5H7ClN2OS2. The van der Waals surface area contributed by atoms with Gasteiger partial charge in [0.1, 0.15) is 9.92 Å². The van der Waals surface area contributed by atoms with Crippen molar-refractivity contribution in [3.05, 3.63) is 15.3 Å². The second-order valence-electron chi connectivity index (χ2n) is 2.10. The zero-order valence-electron chi connectivity index (χ0n) is 5.76. The molecule has 0 saturated carbocycles. The van der Waals surface area contributed by atoms with Crippen LogP contribution in [0.25, 0.3) is 0 Å². The first kappa shape index (κ1) is 8.99. The molecule has 3 N–H and O–H groups in total. The number of hydrogen-bond donors (Lipinski definition) is 2. The third-order valence-corrected chi connectivity index (χ3v) is 3.90. The fourth-order valence-corrected chi connectivity index (χ4v) is 2.98. The zero-order chi connectivity index (χ0) is 8.65. The molecule has 62 valence electrons. The van der Waals surface area contributed by atoms with E-state index in [1.165, 1.54) is 11.3 Å². The lowest BCUT2D eigenvalue weighted by molar-refractivity contribution is 0.676. The van der Waals surface area contributed by atoms with Gasteiger partial charge in [-0.05, 0) is 12.5 Å². The Hall–Kier alpha value is -0.100. The molecule has 1 unspecified atom stereocenters. The highest BCUT2D eigenvalue weighted by Gasteiger charge is 2.11. The van der Waals surface area contributed by atoms with Crippen LogP contribution in [-0.4, -0.2) is 4.21 Å². The Morgan fingerprint density at radius 1 is 1.82 bits per heavy atom. The van der Waals surface area contributed by atoms with Crippen molar-refractivity contribution in [2.24, 2.45) is 5.14 Å².